The fraction of sp³-hybridized carbons (Fsp3) is 0.278. The molecule has 0 radical (unpaired) electrons. The molecule has 2 heterocycles. The quantitative estimate of drug-likeness (QED) is 0.761. The molecule has 0 bridgehead atoms. The molecule has 1 unspecified atom stereocenters. The predicted molar refractivity (Wildman–Crippen MR) is 100.0 cm³/mol. The number of para-hydroxylation sites is 1. The third-order valence-electron chi connectivity index (χ3n) is 3.96. The van der Waals surface area contributed by atoms with E-state index in [1.165, 1.54) is 12.1 Å². The van der Waals surface area contributed by atoms with E-state index in [-0.39, 0.29) is 27.9 Å². The number of halogens is 2. The Balaban J connectivity index is 1.73. The van der Waals surface area contributed by atoms with Crippen LogP contribution in [-0.4, -0.2) is 36.1 Å². The van der Waals surface area contributed by atoms with Crippen LogP contribution in [0.15, 0.2) is 36.4 Å². The maximum Gasteiger partial charge on any atom is 0.275 e. The summed E-state index contributed by atoms with van der Waals surface area (Å²) in [4.78, 5) is 28.9. The summed E-state index contributed by atoms with van der Waals surface area (Å²) in [5, 5.41) is 5.83. The van der Waals surface area contributed by atoms with Gasteiger partial charge in [0.15, 0.2) is 0 Å². The number of benzene rings is 1. The average molecular weight is 394 g/mol. The standard InChI is InChI=1S/C18H17Cl2N3O3/c19-13-7-8-15(20)23-16(13)18(25)22-14-6-2-1-5-12(14)17(24)21-10-11-4-3-9-26-11/h1-2,5-8,11H,3-4,9-10H2,(H,21,24)(H,22,25). The molecule has 1 atom stereocenters. The summed E-state index contributed by atoms with van der Waals surface area (Å²) in [5.74, 6) is -0.835. The van der Waals surface area contributed by atoms with Crippen LogP contribution < -0.4 is 10.6 Å². The van der Waals surface area contributed by atoms with Gasteiger partial charge in [-0.15, -0.1) is 0 Å². The van der Waals surface area contributed by atoms with Gasteiger partial charge in [-0.25, -0.2) is 4.98 Å². The van der Waals surface area contributed by atoms with Crippen LogP contribution in [0.5, 0.6) is 0 Å². The third kappa shape index (κ3) is 4.52. The van der Waals surface area contributed by atoms with Gasteiger partial charge in [-0.2, -0.15) is 0 Å². The molecule has 6 nitrogen and oxygen atoms in total. The number of anilines is 1. The molecule has 1 aromatic heterocycles. The zero-order valence-electron chi connectivity index (χ0n) is 13.8. The smallest absolute Gasteiger partial charge is 0.275 e. The number of nitrogens with zero attached hydrogens (tertiary/aromatic N) is 1. The normalized spacial score (nSPS) is 16.3. The number of hydrogen-bond donors (Lipinski definition) is 2. The zero-order valence-corrected chi connectivity index (χ0v) is 15.3. The van der Waals surface area contributed by atoms with Crippen molar-refractivity contribution in [2.24, 2.45) is 0 Å². The van der Waals surface area contributed by atoms with Crippen molar-refractivity contribution in [3.63, 3.8) is 0 Å². The van der Waals surface area contributed by atoms with Crippen molar-refractivity contribution in [2.75, 3.05) is 18.5 Å². The highest BCUT2D eigenvalue weighted by Crippen LogP contribution is 2.21. The second kappa shape index (κ2) is 8.49. The highest BCUT2D eigenvalue weighted by Gasteiger charge is 2.20. The van der Waals surface area contributed by atoms with Crippen molar-refractivity contribution in [1.29, 1.82) is 0 Å². The van der Waals surface area contributed by atoms with E-state index in [4.69, 9.17) is 27.9 Å². The largest absolute Gasteiger partial charge is 0.376 e. The van der Waals surface area contributed by atoms with E-state index in [0.29, 0.717) is 17.8 Å². The predicted octanol–water partition coefficient (Wildman–Crippen LogP) is 3.55. The molecule has 1 aliphatic heterocycles. The van der Waals surface area contributed by atoms with Crippen LogP contribution >= 0.6 is 23.2 Å². The van der Waals surface area contributed by atoms with Crippen LogP contribution in [0, 0.1) is 0 Å². The molecular formula is C18H17Cl2N3O3. The summed E-state index contributed by atoms with van der Waals surface area (Å²) in [6, 6.07) is 9.70. The van der Waals surface area contributed by atoms with E-state index < -0.39 is 5.91 Å². The average Bonchev–Trinajstić information content (AvgIpc) is 3.15. The van der Waals surface area contributed by atoms with Gasteiger partial charge in [-0.1, -0.05) is 35.3 Å². The molecule has 26 heavy (non-hydrogen) atoms. The van der Waals surface area contributed by atoms with Gasteiger partial charge in [0.1, 0.15) is 10.8 Å². The van der Waals surface area contributed by atoms with Gasteiger partial charge < -0.3 is 15.4 Å². The lowest BCUT2D eigenvalue weighted by atomic mass is 10.1. The van der Waals surface area contributed by atoms with E-state index in [1.807, 2.05) is 0 Å². The zero-order chi connectivity index (χ0) is 18.5. The van der Waals surface area contributed by atoms with Gasteiger partial charge in [0.2, 0.25) is 0 Å². The van der Waals surface area contributed by atoms with E-state index in [1.54, 1.807) is 24.3 Å². The van der Waals surface area contributed by atoms with E-state index >= 15 is 0 Å². The first-order valence-corrected chi connectivity index (χ1v) is 8.92. The SMILES string of the molecule is O=C(NCC1CCCO1)c1ccccc1NC(=O)c1nc(Cl)ccc1Cl. The second-order valence-corrected chi connectivity index (χ2v) is 6.60. The van der Waals surface area contributed by atoms with Crippen LogP contribution in [0.3, 0.4) is 0 Å². The van der Waals surface area contributed by atoms with Gasteiger partial charge >= 0.3 is 0 Å². The number of pyridine rings is 1. The van der Waals surface area contributed by atoms with Crippen molar-refractivity contribution >= 4 is 40.7 Å². The van der Waals surface area contributed by atoms with Gasteiger partial charge in [-0.05, 0) is 37.1 Å². The number of ether oxygens (including phenoxy) is 1. The molecule has 2 aromatic rings. The summed E-state index contributed by atoms with van der Waals surface area (Å²) in [6.07, 6.45) is 1.97. The van der Waals surface area contributed by atoms with Crippen molar-refractivity contribution in [3.05, 3.63) is 57.8 Å². The van der Waals surface area contributed by atoms with Gasteiger partial charge in [0.25, 0.3) is 11.8 Å². The summed E-state index contributed by atoms with van der Waals surface area (Å²) >= 11 is 11.8. The molecule has 1 fully saturated rings. The molecule has 8 heteroatoms. The fourth-order valence-corrected chi connectivity index (χ4v) is 2.99. The Hall–Kier alpha value is -2.15. The summed E-state index contributed by atoms with van der Waals surface area (Å²) in [5.41, 5.74) is 0.700. The van der Waals surface area contributed by atoms with E-state index in [2.05, 4.69) is 15.6 Å². The molecule has 0 saturated carbocycles. The van der Waals surface area contributed by atoms with Crippen LogP contribution in [0.2, 0.25) is 10.2 Å². The van der Waals surface area contributed by atoms with Crippen molar-refractivity contribution in [2.45, 2.75) is 18.9 Å². The number of rotatable bonds is 5. The number of carbonyl (C=O) groups excluding carboxylic acids is 2. The molecule has 1 aliphatic rings. The van der Waals surface area contributed by atoms with Gasteiger partial charge in [-0.3, -0.25) is 9.59 Å². The van der Waals surface area contributed by atoms with Crippen molar-refractivity contribution < 1.29 is 14.3 Å². The molecule has 0 aliphatic carbocycles. The van der Waals surface area contributed by atoms with Crippen molar-refractivity contribution in [1.82, 2.24) is 10.3 Å². The Morgan fingerprint density at radius 2 is 1.96 bits per heavy atom. The number of carbonyl (C=O) groups is 2. The Labute approximate surface area is 160 Å². The minimum absolute atomic E-state index is 0.00580. The minimum Gasteiger partial charge on any atom is -0.376 e. The molecule has 3 rings (SSSR count). The minimum atomic E-state index is -0.545. The first kappa shape index (κ1) is 18.6. The summed E-state index contributed by atoms with van der Waals surface area (Å²) < 4.78 is 5.50. The van der Waals surface area contributed by atoms with Crippen molar-refractivity contribution in [3.8, 4) is 0 Å². The molecular weight excluding hydrogens is 377 g/mol. The Morgan fingerprint density at radius 3 is 2.73 bits per heavy atom. The number of aromatic nitrogens is 1. The van der Waals surface area contributed by atoms with Crippen LogP contribution in [0.4, 0.5) is 5.69 Å². The first-order valence-electron chi connectivity index (χ1n) is 8.17. The molecule has 136 valence electrons. The molecule has 1 aromatic carbocycles. The summed E-state index contributed by atoms with van der Waals surface area (Å²) in [7, 11) is 0. The highest BCUT2D eigenvalue weighted by atomic mass is 35.5. The highest BCUT2D eigenvalue weighted by molar-refractivity contribution is 6.35. The molecule has 2 amide bonds. The van der Waals surface area contributed by atoms with Crippen LogP contribution in [0.1, 0.15) is 33.7 Å². The fourth-order valence-electron chi connectivity index (χ4n) is 2.66. The number of hydrogen-bond acceptors (Lipinski definition) is 4. The van der Waals surface area contributed by atoms with Crippen LogP contribution in [-0.2, 0) is 4.74 Å². The second-order valence-electron chi connectivity index (χ2n) is 5.81. The van der Waals surface area contributed by atoms with E-state index in [9.17, 15) is 9.59 Å². The molecule has 2 N–H and O–H groups in total. The molecule has 0 spiro atoms. The number of amides is 2. The van der Waals surface area contributed by atoms with Gasteiger partial charge in [0, 0.05) is 13.2 Å². The Morgan fingerprint density at radius 1 is 1.15 bits per heavy atom. The lowest BCUT2D eigenvalue weighted by Gasteiger charge is -2.14. The number of nitrogens with one attached hydrogen (secondary N) is 2. The van der Waals surface area contributed by atoms with E-state index in [0.717, 1.165) is 19.4 Å². The molecule has 1 saturated heterocycles. The Kier molecular flexibility index (Phi) is 6.08. The maximum absolute atomic E-state index is 12.5. The summed E-state index contributed by atoms with van der Waals surface area (Å²) in [6.45, 7) is 1.16. The lowest BCUT2D eigenvalue weighted by molar-refractivity contribution is 0.0858. The van der Waals surface area contributed by atoms with Gasteiger partial charge in [0.05, 0.1) is 22.4 Å². The first-order chi connectivity index (χ1) is 12.5. The lowest BCUT2D eigenvalue weighted by Crippen LogP contribution is -2.32. The Bertz CT molecular complexity index is 823. The maximum atomic E-state index is 12.5. The topological polar surface area (TPSA) is 80.3 Å². The third-order valence-corrected chi connectivity index (χ3v) is 4.48. The monoisotopic (exact) mass is 393 g/mol. The van der Waals surface area contributed by atoms with Crippen LogP contribution in [0.25, 0.3) is 0 Å².